The Hall–Kier alpha value is -1.35. The van der Waals surface area contributed by atoms with Crippen LogP contribution < -0.4 is 0 Å². The summed E-state index contributed by atoms with van der Waals surface area (Å²) in [6.45, 7) is 3.54. The fraction of sp³-hybridized carbons (Fsp3) is 0.889. The van der Waals surface area contributed by atoms with E-state index in [0.29, 0.717) is 13.0 Å². The molecule has 0 aromatic carbocycles. The van der Waals surface area contributed by atoms with Crippen molar-refractivity contribution in [1.82, 2.24) is 0 Å². The van der Waals surface area contributed by atoms with Crippen LogP contribution >= 0.6 is 0 Å². The van der Waals surface area contributed by atoms with Crippen molar-refractivity contribution < 1.29 is 39.4 Å². The maximum atomic E-state index is 12.5. The number of esters is 1. The second-order valence-electron chi connectivity index (χ2n) is 9.56. The molecule has 0 aliphatic carbocycles. The standard InChI is InChI=1S/C27H50O8/c1-3-5-7-9-11-12-13-15-17-23(21(30)19-28)34-25-24(22(31)20-29)35-27(32)26(25)33-18-16-14-10-8-6-4-2/h21-24,28-31H,3-20H2,1-2H3/t21?,22-,23?,24+/m0/s1. The van der Waals surface area contributed by atoms with E-state index in [1.54, 1.807) is 0 Å². The van der Waals surface area contributed by atoms with Crippen molar-refractivity contribution >= 4 is 5.97 Å². The zero-order chi connectivity index (χ0) is 25.9. The summed E-state index contributed by atoms with van der Waals surface area (Å²) in [4.78, 5) is 12.5. The zero-order valence-electron chi connectivity index (χ0n) is 22.0. The van der Waals surface area contributed by atoms with Gasteiger partial charge in [-0.1, -0.05) is 90.9 Å². The van der Waals surface area contributed by atoms with Crippen LogP contribution in [0.1, 0.15) is 110 Å². The monoisotopic (exact) mass is 502 g/mol. The molecular formula is C27H50O8. The van der Waals surface area contributed by atoms with Gasteiger partial charge in [0.05, 0.1) is 19.8 Å². The van der Waals surface area contributed by atoms with E-state index in [1.807, 2.05) is 0 Å². The van der Waals surface area contributed by atoms with E-state index in [2.05, 4.69) is 13.8 Å². The first-order chi connectivity index (χ1) is 17.0. The number of ether oxygens (including phenoxy) is 3. The molecule has 0 spiro atoms. The topological polar surface area (TPSA) is 126 Å². The maximum Gasteiger partial charge on any atom is 0.378 e. The van der Waals surface area contributed by atoms with Crippen LogP contribution in [0.15, 0.2) is 11.5 Å². The summed E-state index contributed by atoms with van der Waals surface area (Å²) >= 11 is 0. The van der Waals surface area contributed by atoms with Gasteiger partial charge in [-0.25, -0.2) is 4.79 Å². The van der Waals surface area contributed by atoms with Crippen molar-refractivity contribution in [2.24, 2.45) is 0 Å². The Morgan fingerprint density at radius 2 is 1.34 bits per heavy atom. The van der Waals surface area contributed by atoms with Gasteiger partial charge in [-0.2, -0.15) is 0 Å². The summed E-state index contributed by atoms with van der Waals surface area (Å²) in [5.41, 5.74) is 0. The smallest absolute Gasteiger partial charge is 0.378 e. The van der Waals surface area contributed by atoms with Gasteiger partial charge < -0.3 is 34.6 Å². The van der Waals surface area contributed by atoms with Gasteiger partial charge in [0.2, 0.25) is 5.76 Å². The highest BCUT2D eigenvalue weighted by Gasteiger charge is 2.43. The van der Waals surface area contributed by atoms with Crippen LogP contribution in [0.3, 0.4) is 0 Å². The van der Waals surface area contributed by atoms with Crippen LogP contribution in [0.4, 0.5) is 0 Å². The average Bonchev–Trinajstić information content (AvgIpc) is 3.17. The van der Waals surface area contributed by atoms with Crippen molar-refractivity contribution in [2.45, 2.75) is 135 Å². The Kier molecular flexibility index (Phi) is 17.9. The summed E-state index contributed by atoms with van der Waals surface area (Å²) in [6.07, 6.45) is 11.3. The SMILES string of the molecule is CCCCCCCCCCC(OC1=C(OCCCCCCCC)C(=O)O[C@@H]1[C@@H](O)CO)C(O)CO. The summed E-state index contributed by atoms with van der Waals surface area (Å²) < 4.78 is 16.9. The number of rotatable bonds is 23. The van der Waals surface area contributed by atoms with Gasteiger partial charge in [0, 0.05) is 0 Å². The number of carbonyl (C=O) groups excluding carboxylic acids is 1. The van der Waals surface area contributed by atoms with Crippen molar-refractivity contribution in [3.63, 3.8) is 0 Å². The lowest BCUT2D eigenvalue weighted by Gasteiger charge is -2.26. The van der Waals surface area contributed by atoms with Crippen LogP contribution in [-0.4, -0.2) is 70.6 Å². The lowest BCUT2D eigenvalue weighted by molar-refractivity contribution is -0.149. The Bertz CT molecular complexity index is 580. The van der Waals surface area contributed by atoms with Crippen LogP contribution in [0, 0.1) is 0 Å². The molecule has 8 nitrogen and oxygen atoms in total. The minimum atomic E-state index is -1.38. The third kappa shape index (κ3) is 12.4. The van der Waals surface area contributed by atoms with E-state index < -0.39 is 43.6 Å². The second kappa shape index (κ2) is 19.8. The quantitative estimate of drug-likeness (QED) is 0.121. The summed E-state index contributed by atoms with van der Waals surface area (Å²) in [5.74, 6) is -0.894. The molecule has 2 unspecified atom stereocenters. The molecule has 1 aliphatic heterocycles. The largest absolute Gasteiger partial charge is 0.484 e. The van der Waals surface area contributed by atoms with Gasteiger partial charge in [0.15, 0.2) is 11.9 Å². The highest BCUT2D eigenvalue weighted by Crippen LogP contribution is 2.30. The normalized spacial score (nSPS) is 18.5. The maximum absolute atomic E-state index is 12.5. The number of aliphatic hydroxyl groups excluding tert-OH is 4. The van der Waals surface area contributed by atoms with E-state index in [9.17, 15) is 25.2 Å². The number of unbranched alkanes of at least 4 members (excludes halogenated alkanes) is 12. The fourth-order valence-electron chi connectivity index (χ4n) is 4.20. The fourth-order valence-corrected chi connectivity index (χ4v) is 4.20. The summed E-state index contributed by atoms with van der Waals surface area (Å²) in [6, 6.07) is 0. The molecule has 0 aromatic rings. The van der Waals surface area contributed by atoms with E-state index in [-0.39, 0.29) is 11.5 Å². The highest BCUT2D eigenvalue weighted by molar-refractivity contribution is 5.89. The highest BCUT2D eigenvalue weighted by atomic mass is 16.6. The molecule has 1 aliphatic rings. The lowest BCUT2D eigenvalue weighted by Crippen LogP contribution is -2.37. The molecular weight excluding hydrogens is 452 g/mol. The Morgan fingerprint density at radius 3 is 1.89 bits per heavy atom. The van der Waals surface area contributed by atoms with Crippen molar-refractivity contribution in [1.29, 1.82) is 0 Å². The Morgan fingerprint density at radius 1 is 0.800 bits per heavy atom. The molecule has 35 heavy (non-hydrogen) atoms. The predicted molar refractivity (Wildman–Crippen MR) is 135 cm³/mol. The second-order valence-corrected chi connectivity index (χ2v) is 9.56. The lowest BCUT2D eigenvalue weighted by atomic mass is 10.0. The minimum absolute atomic E-state index is 0.0143. The first-order valence-corrected chi connectivity index (χ1v) is 13.8. The van der Waals surface area contributed by atoms with Crippen molar-refractivity contribution in [3.8, 4) is 0 Å². The van der Waals surface area contributed by atoms with Gasteiger partial charge in [0.25, 0.3) is 0 Å². The summed E-state index contributed by atoms with van der Waals surface area (Å²) in [7, 11) is 0. The molecule has 0 bridgehead atoms. The van der Waals surface area contributed by atoms with Gasteiger partial charge in [-0.15, -0.1) is 0 Å². The number of aliphatic hydroxyl groups is 4. The Labute approximate surface area is 211 Å². The van der Waals surface area contributed by atoms with Crippen LogP contribution in [0.5, 0.6) is 0 Å². The van der Waals surface area contributed by atoms with E-state index in [1.165, 1.54) is 51.4 Å². The molecule has 8 heteroatoms. The number of hydrogen-bond donors (Lipinski definition) is 4. The number of hydrogen-bond acceptors (Lipinski definition) is 8. The third-order valence-corrected chi connectivity index (χ3v) is 6.42. The van der Waals surface area contributed by atoms with E-state index >= 15 is 0 Å². The van der Waals surface area contributed by atoms with Crippen LogP contribution in [0.25, 0.3) is 0 Å². The molecule has 0 saturated heterocycles. The minimum Gasteiger partial charge on any atom is -0.484 e. The molecule has 206 valence electrons. The molecule has 0 amide bonds. The molecule has 4 N–H and O–H groups in total. The molecule has 4 atom stereocenters. The Balaban J connectivity index is 2.73. The molecule has 0 aromatic heterocycles. The van der Waals surface area contributed by atoms with Gasteiger partial charge in [-0.05, 0) is 19.3 Å². The first-order valence-electron chi connectivity index (χ1n) is 13.8. The first kappa shape index (κ1) is 31.7. The van der Waals surface area contributed by atoms with Crippen LogP contribution in [0.2, 0.25) is 0 Å². The zero-order valence-corrected chi connectivity index (χ0v) is 22.0. The van der Waals surface area contributed by atoms with Crippen molar-refractivity contribution in [2.75, 3.05) is 19.8 Å². The molecule has 1 heterocycles. The number of cyclic esters (lactones) is 1. The molecule has 0 fully saturated rings. The van der Waals surface area contributed by atoms with E-state index in [0.717, 1.165) is 38.5 Å². The van der Waals surface area contributed by atoms with Gasteiger partial charge >= 0.3 is 5.97 Å². The van der Waals surface area contributed by atoms with Gasteiger partial charge in [-0.3, -0.25) is 0 Å². The predicted octanol–water partition coefficient (Wildman–Crippen LogP) is 4.12. The van der Waals surface area contributed by atoms with Crippen molar-refractivity contribution in [3.05, 3.63) is 11.5 Å². The molecule has 0 saturated carbocycles. The van der Waals surface area contributed by atoms with Crippen LogP contribution in [-0.2, 0) is 19.0 Å². The molecule has 1 rings (SSSR count). The number of carbonyl (C=O) groups is 1. The molecule has 0 radical (unpaired) electrons. The van der Waals surface area contributed by atoms with Gasteiger partial charge in [0.1, 0.15) is 18.3 Å². The van der Waals surface area contributed by atoms with E-state index in [4.69, 9.17) is 14.2 Å². The summed E-state index contributed by atoms with van der Waals surface area (Å²) in [5, 5.41) is 39.5. The average molecular weight is 503 g/mol. The third-order valence-electron chi connectivity index (χ3n) is 6.42.